The molecule has 136 valence electrons. The van der Waals surface area contributed by atoms with Crippen LogP contribution in [0.15, 0.2) is 57.5 Å². The van der Waals surface area contributed by atoms with Crippen LogP contribution in [0.4, 0.5) is 11.4 Å². The highest BCUT2D eigenvalue weighted by molar-refractivity contribution is 9.10. The lowest BCUT2D eigenvalue weighted by molar-refractivity contribution is -0.135. The second kappa shape index (κ2) is 13.7. The van der Waals surface area contributed by atoms with E-state index in [1.165, 1.54) is 0 Å². The Balaban J connectivity index is 0.000000382. The smallest absolute Gasteiger partial charge is 0.322 e. The number of aliphatic carboxylic acids is 2. The highest BCUT2D eigenvalue weighted by atomic mass is 79.9. The molecule has 0 spiro atoms. The molecule has 0 fully saturated rings. The molecule has 0 bridgehead atoms. The number of halogens is 3. The van der Waals surface area contributed by atoms with Crippen LogP contribution in [0.5, 0.6) is 0 Å². The lowest BCUT2D eigenvalue weighted by atomic mass is 10.3. The van der Waals surface area contributed by atoms with E-state index in [-0.39, 0.29) is 11.9 Å². The standard InChI is InChI=1S/C8H8BrNO2.C6H6BrN.C2H3BrO2/c9-6-2-1-3-7(4-6)10-5-8(11)12;7-5-2-1-3-6(8)4-5;3-1-2(4)5/h1-4,10H,5H2,(H,11,12);1-4H,8H2;1H2,(H,4,5). The van der Waals surface area contributed by atoms with Crippen molar-refractivity contribution in [1.29, 1.82) is 0 Å². The van der Waals surface area contributed by atoms with Gasteiger partial charge in [0.1, 0.15) is 11.9 Å². The van der Waals surface area contributed by atoms with Gasteiger partial charge in [0.2, 0.25) is 0 Å². The number of carbonyl (C=O) groups is 2. The molecule has 5 N–H and O–H groups in total. The molecule has 2 rings (SSSR count). The van der Waals surface area contributed by atoms with Gasteiger partial charge in [0.05, 0.1) is 0 Å². The Hall–Kier alpha value is -1.58. The largest absolute Gasteiger partial charge is 0.481 e. The highest BCUT2D eigenvalue weighted by Gasteiger charge is 1.96. The minimum Gasteiger partial charge on any atom is -0.481 e. The molecule has 0 saturated heterocycles. The van der Waals surface area contributed by atoms with E-state index in [1.807, 2.05) is 48.5 Å². The van der Waals surface area contributed by atoms with Gasteiger partial charge < -0.3 is 21.3 Å². The number of anilines is 2. The lowest BCUT2D eigenvalue weighted by Gasteiger charge is -2.02. The van der Waals surface area contributed by atoms with Gasteiger partial charge in [-0.2, -0.15) is 0 Å². The Morgan fingerprint density at radius 1 is 0.960 bits per heavy atom. The van der Waals surface area contributed by atoms with Crippen LogP contribution in [0, 0.1) is 0 Å². The molecular weight excluding hydrogens is 524 g/mol. The molecule has 0 amide bonds. The second-order valence-corrected chi connectivity index (χ2v) is 6.73. The van der Waals surface area contributed by atoms with Gasteiger partial charge >= 0.3 is 11.9 Å². The van der Waals surface area contributed by atoms with E-state index in [4.69, 9.17) is 15.9 Å². The van der Waals surface area contributed by atoms with E-state index in [0.717, 1.165) is 20.3 Å². The van der Waals surface area contributed by atoms with Gasteiger partial charge in [-0.05, 0) is 36.4 Å². The van der Waals surface area contributed by atoms with Crippen LogP contribution >= 0.6 is 47.8 Å². The number of nitrogen functional groups attached to an aromatic ring is 1. The summed E-state index contributed by atoms with van der Waals surface area (Å²) in [4.78, 5) is 19.5. The van der Waals surface area contributed by atoms with E-state index in [0.29, 0.717) is 0 Å². The number of carboxylic acids is 2. The SMILES string of the molecule is Nc1cccc(Br)c1.O=C(O)CBr.O=C(O)CNc1cccc(Br)c1. The van der Waals surface area contributed by atoms with Gasteiger partial charge in [-0.15, -0.1) is 0 Å². The summed E-state index contributed by atoms with van der Waals surface area (Å²) in [5, 5.41) is 18.8. The fraction of sp³-hybridized carbons (Fsp3) is 0.125. The summed E-state index contributed by atoms with van der Waals surface area (Å²) in [7, 11) is 0. The lowest BCUT2D eigenvalue weighted by Crippen LogP contribution is -2.11. The molecule has 0 aliphatic heterocycles. The average molecular weight is 541 g/mol. The Kier molecular flexibility index (Phi) is 12.8. The summed E-state index contributed by atoms with van der Waals surface area (Å²) in [5.41, 5.74) is 7.02. The summed E-state index contributed by atoms with van der Waals surface area (Å²) in [6.45, 7) is -0.0591. The van der Waals surface area contributed by atoms with E-state index in [9.17, 15) is 9.59 Å². The molecule has 0 aliphatic rings. The molecule has 6 nitrogen and oxygen atoms in total. The highest BCUT2D eigenvalue weighted by Crippen LogP contribution is 2.15. The van der Waals surface area contributed by atoms with Crippen molar-refractivity contribution in [3.63, 3.8) is 0 Å². The number of benzene rings is 2. The Labute approximate surface area is 170 Å². The van der Waals surface area contributed by atoms with Crippen molar-refractivity contribution in [3.05, 3.63) is 57.5 Å². The molecule has 0 heterocycles. The van der Waals surface area contributed by atoms with Gasteiger partial charge in [-0.1, -0.05) is 59.9 Å². The van der Waals surface area contributed by atoms with Crippen LogP contribution in [0.3, 0.4) is 0 Å². The Morgan fingerprint density at radius 2 is 1.48 bits per heavy atom. The van der Waals surface area contributed by atoms with E-state index < -0.39 is 11.9 Å². The third kappa shape index (κ3) is 14.5. The van der Waals surface area contributed by atoms with Crippen molar-refractivity contribution in [2.24, 2.45) is 0 Å². The first-order valence-corrected chi connectivity index (χ1v) is 9.45. The van der Waals surface area contributed by atoms with Crippen LogP contribution in [0.25, 0.3) is 0 Å². The third-order valence-corrected chi connectivity index (χ3v) is 3.70. The van der Waals surface area contributed by atoms with Crippen molar-refractivity contribution in [2.45, 2.75) is 0 Å². The molecule has 9 heteroatoms. The maximum atomic E-state index is 10.2. The van der Waals surface area contributed by atoms with Gasteiger partial charge in [0.15, 0.2) is 0 Å². The zero-order valence-corrected chi connectivity index (χ0v) is 17.7. The minimum atomic E-state index is -0.866. The Bertz CT molecular complexity index is 667. The summed E-state index contributed by atoms with van der Waals surface area (Å²) >= 11 is 9.28. The minimum absolute atomic E-state index is 0.0347. The predicted octanol–water partition coefficient (Wildman–Crippen LogP) is 4.44. The second-order valence-electron chi connectivity index (χ2n) is 4.34. The molecule has 2 aromatic rings. The Morgan fingerprint density at radius 3 is 1.84 bits per heavy atom. The normalized spacial score (nSPS) is 8.92. The van der Waals surface area contributed by atoms with E-state index in [1.54, 1.807) is 0 Å². The molecule has 0 aromatic heterocycles. The summed E-state index contributed by atoms with van der Waals surface area (Å²) in [5.74, 6) is -1.69. The van der Waals surface area contributed by atoms with E-state index in [2.05, 4.69) is 53.1 Å². The number of nitrogens with two attached hydrogens (primary N) is 1. The maximum absolute atomic E-state index is 10.2. The fourth-order valence-corrected chi connectivity index (χ4v) is 2.10. The molecule has 0 radical (unpaired) electrons. The van der Waals surface area contributed by atoms with Gasteiger partial charge in [-0.3, -0.25) is 9.59 Å². The average Bonchev–Trinajstić information content (AvgIpc) is 2.54. The van der Waals surface area contributed by atoms with Crippen LogP contribution in [0.1, 0.15) is 0 Å². The van der Waals surface area contributed by atoms with Crippen molar-refractivity contribution >= 4 is 71.1 Å². The number of rotatable bonds is 4. The number of hydrogen-bond donors (Lipinski definition) is 4. The fourth-order valence-electron chi connectivity index (χ4n) is 1.28. The van der Waals surface area contributed by atoms with Crippen LogP contribution in [-0.4, -0.2) is 34.0 Å². The molecule has 0 saturated carbocycles. The number of carboxylic acid groups (broad SMARTS) is 2. The van der Waals surface area contributed by atoms with Crippen molar-refractivity contribution < 1.29 is 19.8 Å². The quantitative estimate of drug-likeness (QED) is 0.337. The summed E-state index contributed by atoms with van der Waals surface area (Å²) < 4.78 is 1.95. The van der Waals surface area contributed by atoms with E-state index >= 15 is 0 Å². The van der Waals surface area contributed by atoms with Crippen LogP contribution < -0.4 is 11.1 Å². The summed E-state index contributed by atoms with van der Waals surface area (Å²) in [6.07, 6.45) is 0. The maximum Gasteiger partial charge on any atom is 0.322 e. The number of nitrogens with one attached hydrogen (secondary N) is 1. The zero-order chi connectivity index (χ0) is 19.2. The first-order valence-electron chi connectivity index (χ1n) is 6.74. The van der Waals surface area contributed by atoms with Gasteiger partial charge in [-0.25, -0.2) is 0 Å². The van der Waals surface area contributed by atoms with Crippen molar-refractivity contribution in [3.8, 4) is 0 Å². The molecule has 0 unspecified atom stereocenters. The third-order valence-electron chi connectivity index (χ3n) is 2.23. The first-order chi connectivity index (χ1) is 11.7. The first kappa shape index (κ1) is 23.4. The van der Waals surface area contributed by atoms with Crippen molar-refractivity contribution in [2.75, 3.05) is 22.9 Å². The molecular formula is C16H17Br3N2O4. The van der Waals surface area contributed by atoms with Crippen molar-refractivity contribution in [1.82, 2.24) is 0 Å². The molecule has 25 heavy (non-hydrogen) atoms. The van der Waals surface area contributed by atoms with Gasteiger partial charge in [0.25, 0.3) is 0 Å². The van der Waals surface area contributed by atoms with Crippen LogP contribution in [0.2, 0.25) is 0 Å². The van der Waals surface area contributed by atoms with Gasteiger partial charge in [0, 0.05) is 20.3 Å². The predicted molar refractivity (Wildman–Crippen MR) is 110 cm³/mol. The molecule has 0 atom stereocenters. The number of hydrogen-bond acceptors (Lipinski definition) is 4. The topological polar surface area (TPSA) is 113 Å². The summed E-state index contributed by atoms with van der Waals surface area (Å²) in [6, 6.07) is 14.9. The number of alkyl halides is 1. The molecule has 0 aliphatic carbocycles. The zero-order valence-electron chi connectivity index (χ0n) is 13.0. The van der Waals surface area contributed by atoms with Crippen LogP contribution in [-0.2, 0) is 9.59 Å². The monoisotopic (exact) mass is 538 g/mol. The molecule has 2 aromatic carbocycles.